The van der Waals surface area contributed by atoms with E-state index >= 15 is 0 Å². The van der Waals surface area contributed by atoms with Gasteiger partial charge in [0.05, 0.1) is 5.39 Å². The summed E-state index contributed by atoms with van der Waals surface area (Å²) < 4.78 is 2.85. The fraction of sp³-hybridized carbons (Fsp3) is 0.500. The number of aromatic nitrogens is 4. The molecule has 2 rings (SSSR count). The minimum atomic E-state index is 0.135. The normalized spacial score (nSPS) is 12.2. The van der Waals surface area contributed by atoms with Gasteiger partial charge in [-0.05, 0) is 28.0 Å². The van der Waals surface area contributed by atoms with Gasteiger partial charge in [0, 0.05) is 6.54 Å². The first-order chi connectivity index (χ1) is 7.78. The van der Waals surface area contributed by atoms with Gasteiger partial charge in [-0.15, -0.1) is 0 Å². The molecule has 0 atom stereocenters. The largest absolute Gasteiger partial charge is 0.383 e. The number of halogens is 1. The van der Waals surface area contributed by atoms with E-state index in [1.807, 2.05) is 4.68 Å². The lowest BCUT2D eigenvalue weighted by Gasteiger charge is -2.18. The van der Waals surface area contributed by atoms with Crippen LogP contribution in [0.5, 0.6) is 0 Å². The van der Waals surface area contributed by atoms with Crippen molar-refractivity contribution in [1.29, 1.82) is 0 Å². The van der Waals surface area contributed by atoms with E-state index in [-0.39, 0.29) is 11.4 Å². The zero-order chi connectivity index (χ0) is 12.8. The molecule has 2 heterocycles. The number of nitrogens with two attached hydrogens (primary N) is 2. The van der Waals surface area contributed by atoms with E-state index in [0.29, 0.717) is 11.5 Å². The predicted octanol–water partition coefficient (Wildman–Crippen LogP) is 1.64. The molecule has 0 aliphatic rings. The van der Waals surface area contributed by atoms with Gasteiger partial charge in [0.25, 0.3) is 0 Å². The summed E-state index contributed by atoms with van der Waals surface area (Å²) in [7, 11) is 0. The van der Waals surface area contributed by atoms with Gasteiger partial charge in [-0.2, -0.15) is 15.1 Å². The van der Waals surface area contributed by atoms with Crippen molar-refractivity contribution in [3.63, 3.8) is 0 Å². The minimum absolute atomic E-state index is 0.135. The van der Waals surface area contributed by atoms with E-state index < -0.39 is 0 Å². The monoisotopic (exact) mass is 346 g/mol. The van der Waals surface area contributed by atoms with Crippen molar-refractivity contribution in [3.8, 4) is 0 Å². The fourth-order valence-corrected chi connectivity index (χ4v) is 2.39. The van der Waals surface area contributed by atoms with E-state index in [2.05, 4.69) is 58.4 Å². The molecule has 2 aromatic heterocycles. The lowest BCUT2D eigenvalue weighted by Crippen LogP contribution is -2.17. The second kappa shape index (κ2) is 3.97. The van der Waals surface area contributed by atoms with Crippen molar-refractivity contribution in [1.82, 2.24) is 19.7 Å². The zero-order valence-electron chi connectivity index (χ0n) is 10.0. The Morgan fingerprint density at radius 3 is 2.47 bits per heavy atom. The van der Waals surface area contributed by atoms with Crippen molar-refractivity contribution in [3.05, 3.63) is 3.70 Å². The summed E-state index contributed by atoms with van der Waals surface area (Å²) in [6.07, 6.45) is 0. The molecule has 7 heteroatoms. The van der Waals surface area contributed by atoms with Gasteiger partial charge < -0.3 is 11.5 Å². The van der Waals surface area contributed by atoms with Gasteiger partial charge in [0.15, 0.2) is 5.65 Å². The van der Waals surface area contributed by atoms with Crippen LogP contribution in [-0.4, -0.2) is 19.7 Å². The van der Waals surface area contributed by atoms with Gasteiger partial charge in [0.1, 0.15) is 9.52 Å². The molecule has 2 aromatic rings. The smallest absolute Gasteiger partial charge is 0.224 e. The predicted molar refractivity (Wildman–Crippen MR) is 76.3 cm³/mol. The highest BCUT2D eigenvalue weighted by atomic mass is 127. The number of rotatable bonds is 1. The minimum Gasteiger partial charge on any atom is -0.383 e. The van der Waals surface area contributed by atoms with Crippen molar-refractivity contribution >= 4 is 45.4 Å². The quantitative estimate of drug-likeness (QED) is 0.766. The first-order valence-electron chi connectivity index (χ1n) is 5.23. The molecule has 0 saturated carbocycles. The molecule has 0 radical (unpaired) electrons. The van der Waals surface area contributed by atoms with E-state index in [4.69, 9.17) is 11.5 Å². The van der Waals surface area contributed by atoms with Gasteiger partial charge in [-0.3, -0.25) is 4.68 Å². The molecule has 0 aliphatic carbocycles. The maximum Gasteiger partial charge on any atom is 0.224 e. The molecule has 0 fully saturated rings. The van der Waals surface area contributed by atoms with E-state index in [1.54, 1.807) is 0 Å². The molecule has 92 valence electrons. The average molecular weight is 346 g/mol. The second-order valence-corrected chi connectivity index (χ2v) is 6.20. The average Bonchev–Trinajstić information content (AvgIpc) is 2.39. The van der Waals surface area contributed by atoms with Crippen molar-refractivity contribution in [2.75, 3.05) is 11.5 Å². The number of nitrogen functional groups attached to an aromatic ring is 2. The molecule has 0 spiro atoms. The first-order valence-corrected chi connectivity index (χ1v) is 6.31. The lowest BCUT2D eigenvalue weighted by molar-refractivity contribution is 0.323. The van der Waals surface area contributed by atoms with Crippen LogP contribution >= 0.6 is 22.6 Å². The lowest BCUT2D eigenvalue weighted by atomic mass is 9.97. The number of hydrogen-bond donors (Lipinski definition) is 2. The Kier molecular flexibility index (Phi) is 2.88. The van der Waals surface area contributed by atoms with Gasteiger partial charge in [-0.1, -0.05) is 20.8 Å². The molecule has 0 amide bonds. The molecule has 4 N–H and O–H groups in total. The highest BCUT2D eigenvalue weighted by Gasteiger charge is 2.19. The summed E-state index contributed by atoms with van der Waals surface area (Å²) in [6, 6.07) is 0. The number of anilines is 2. The highest BCUT2D eigenvalue weighted by molar-refractivity contribution is 14.1. The van der Waals surface area contributed by atoms with Crippen LogP contribution in [-0.2, 0) is 6.54 Å². The van der Waals surface area contributed by atoms with Crippen LogP contribution in [0, 0.1) is 9.12 Å². The topological polar surface area (TPSA) is 95.6 Å². The van der Waals surface area contributed by atoms with E-state index in [1.165, 1.54) is 0 Å². The molecule has 0 saturated heterocycles. The van der Waals surface area contributed by atoms with Crippen LogP contribution in [0.3, 0.4) is 0 Å². The van der Waals surface area contributed by atoms with Crippen LogP contribution < -0.4 is 11.5 Å². The second-order valence-electron chi connectivity index (χ2n) is 5.17. The zero-order valence-corrected chi connectivity index (χ0v) is 12.2. The SMILES string of the molecule is CC(C)(C)Cn1nc2nc(N)nc(N)c2c1I. The summed E-state index contributed by atoms with van der Waals surface area (Å²) in [4.78, 5) is 8.06. The summed E-state index contributed by atoms with van der Waals surface area (Å²) in [6.45, 7) is 7.25. The summed E-state index contributed by atoms with van der Waals surface area (Å²) in [5, 5.41) is 5.20. The third kappa shape index (κ3) is 2.43. The standard InChI is InChI=1S/C10H15IN6/c1-10(2,3)4-17-6(11)5-7(12)14-9(13)15-8(5)16-17/h4H2,1-3H3,(H4,12,13,14,15,16). The van der Waals surface area contributed by atoms with Crippen molar-refractivity contribution < 1.29 is 0 Å². The molecule has 0 bridgehead atoms. The molecule has 0 aromatic carbocycles. The number of nitrogens with zero attached hydrogens (tertiary/aromatic N) is 4. The molecule has 17 heavy (non-hydrogen) atoms. The maximum atomic E-state index is 5.85. The summed E-state index contributed by atoms with van der Waals surface area (Å²) in [5.41, 5.74) is 12.1. The molecule has 0 aliphatic heterocycles. The van der Waals surface area contributed by atoms with Crippen molar-refractivity contribution in [2.45, 2.75) is 27.3 Å². The van der Waals surface area contributed by atoms with Crippen molar-refractivity contribution in [2.24, 2.45) is 5.41 Å². The van der Waals surface area contributed by atoms with Gasteiger partial charge in [-0.25, -0.2) is 0 Å². The highest BCUT2D eigenvalue weighted by Crippen LogP contribution is 2.26. The number of hydrogen-bond acceptors (Lipinski definition) is 5. The third-order valence-electron chi connectivity index (χ3n) is 2.21. The molecular weight excluding hydrogens is 331 g/mol. The van der Waals surface area contributed by atoms with Crippen LogP contribution in [0.4, 0.5) is 11.8 Å². The van der Waals surface area contributed by atoms with Crippen LogP contribution in [0.25, 0.3) is 11.0 Å². The first kappa shape index (κ1) is 12.3. The van der Waals surface area contributed by atoms with Gasteiger partial charge in [0.2, 0.25) is 5.95 Å². The maximum absolute atomic E-state index is 5.85. The van der Waals surface area contributed by atoms with E-state index in [0.717, 1.165) is 15.6 Å². The Morgan fingerprint density at radius 2 is 1.88 bits per heavy atom. The Balaban J connectivity index is 2.61. The van der Waals surface area contributed by atoms with Gasteiger partial charge >= 0.3 is 0 Å². The van der Waals surface area contributed by atoms with E-state index in [9.17, 15) is 0 Å². The van der Waals surface area contributed by atoms with Crippen LogP contribution in [0.2, 0.25) is 0 Å². The molecule has 0 unspecified atom stereocenters. The Morgan fingerprint density at radius 1 is 1.24 bits per heavy atom. The molecule has 6 nitrogen and oxygen atoms in total. The Labute approximate surface area is 113 Å². The third-order valence-corrected chi connectivity index (χ3v) is 3.30. The number of fused-ring (bicyclic) bond motifs is 1. The van der Waals surface area contributed by atoms with Crippen LogP contribution in [0.15, 0.2) is 0 Å². The summed E-state index contributed by atoms with van der Waals surface area (Å²) in [5.74, 6) is 0.545. The summed E-state index contributed by atoms with van der Waals surface area (Å²) >= 11 is 2.21. The Bertz CT molecular complexity index is 568. The fourth-order valence-electron chi connectivity index (χ4n) is 1.59. The van der Waals surface area contributed by atoms with Crippen LogP contribution in [0.1, 0.15) is 20.8 Å². The Hall–Kier alpha value is -1.12. The molecular formula is C10H15IN6.